The molecule has 0 bridgehead atoms. The molecule has 5 nitrogen and oxygen atoms in total. The minimum absolute atomic E-state index is 0.0723. The van der Waals surface area contributed by atoms with Crippen molar-refractivity contribution < 1.29 is 9.53 Å². The first-order valence-corrected chi connectivity index (χ1v) is 8.85. The second kappa shape index (κ2) is 5.50. The van der Waals surface area contributed by atoms with Gasteiger partial charge in [0.2, 0.25) is 0 Å². The van der Waals surface area contributed by atoms with Gasteiger partial charge in [0, 0.05) is 19.7 Å². The number of thiophene rings is 1. The number of rotatable bonds is 3. The Morgan fingerprint density at radius 2 is 2.17 bits per heavy atom. The fourth-order valence-corrected chi connectivity index (χ4v) is 4.58. The van der Waals surface area contributed by atoms with E-state index >= 15 is 0 Å². The molecule has 0 radical (unpaired) electrons. The molecule has 1 atom stereocenters. The van der Waals surface area contributed by atoms with Gasteiger partial charge < -0.3 is 15.0 Å². The molecular formula is C16H15N3O2S2. The number of benzene rings is 1. The van der Waals surface area contributed by atoms with E-state index in [9.17, 15) is 4.79 Å². The SMILES string of the molecule is CN(C)c1nc2sc(C(=O)N[C@@H]3COc4ccccc43)cc2s1. The van der Waals surface area contributed by atoms with Crippen molar-refractivity contribution in [1.29, 1.82) is 0 Å². The number of ether oxygens (including phenoxy) is 1. The van der Waals surface area contributed by atoms with Gasteiger partial charge >= 0.3 is 0 Å². The van der Waals surface area contributed by atoms with Gasteiger partial charge in [0.25, 0.3) is 5.91 Å². The van der Waals surface area contributed by atoms with E-state index in [2.05, 4.69) is 10.3 Å². The van der Waals surface area contributed by atoms with Gasteiger partial charge in [-0.05, 0) is 12.1 Å². The van der Waals surface area contributed by atoms with Gasteiger partial charge in [0.05, 0.1) is 15.6 Å². The molecule has 0 saturated heterocycles. The smallest absolute Gasteiger partial charge is 0.262 e. The van der Waals surface area contributed by atoms with Crippen LogP contribution in [0.1, 0.15) is 21.3 Å². The van der Waals surface area contributed by atoms with E-state index < -0.39 is 0 Å². The molecule has 1 N–H and O–H groups in total. The number of hydrogen-bond acceptors (Lipinski definition) is 6. The highest BCUT2D eigenvalue weighted by Crippen LogP contribution is 2.35. The molecule has 3 heterocycles. The van der Waals surface area contributed by atoms with Gasteiger partial charge in [0.1, 0.15) is 17.2 Å². The largest absolute Gasteiger partial charge is 0.491 e. The molecule has 1 amide bonds. The number of thiazole rings is 1. The van der Waals surface area contributed by atoms with Gasteiger partial charge in [-0.2, -0.15) is 0 Å². The molecule has 0 unspecified atom stereocenters. The lowest BCUT2D eigenvalue weighted by Gasteiger charge is -2.10. The quantitative estimate of drug-likeness (QED) is 0.791. The Morgan fingerprint density at radius 3 is 2.96 bits per heavy atom. The highest BCUT2D eigenvalue weighted by molar-refractivity contribution is 7.29. The summed E-state index contributed by atoms with van der Waals surface area (Å²) in [5.74, 6) is 0.777. The molecule has 0 spiro atoms. The molecule has 1 aromatic carbocycles. The van der Waals surface area contributed by atoms with Crippen LogP contribution in [0, 0.1) is 0 Å². The zero-order valence-corrected chi connectivity index (χ0v) is 14.3. The van der Waals surface area contributed by atoms with Crippen molar-refractivity contribution in [2.75, 3.05) is 25.6 Å². The summed E-state index contributed by atoms with van der Waals surface area (Å²) in [5, 5.41) is 4.01. The maximum Gasteiger partial charge on any atom is 0.262 e. The first-order valence-electron chi connectivity index (χ1n) is 7.22. The average Bonchev–Trinajstić information content (AvgIpc) is 3.19. The molecule has 0 saturated carbocycles. The Morgan fingerprint density at radius 1 is 1.35 bits per heavy atom. The number of anilines is 1. The third kappa shape index (κ3) is 2.55. The van der Waals surface area contributed by atoms with Crippen LogP contribution in [0.5, 0.6) is 5.75 Å². The number of nitrogens with one attached hydrogen (secondary N) is 1. The average molecular weight is 345 g/mol. The summed E-state index contributed by atoms with van der Waals surface area (Å²) in [5.41, 5.74) is 1.03. The number of amides is 1. The molecule has 3 aromatic rings. The summed E-state index contributed by atoms with van der Waals surface area (Å²) >= 11 is 3.02. The Balaban J connectivity index is 1.54. The van der Waals surface area contributed by atoms with Crippen molar-refractivity contribution in [3.05, 3.63) is 40.8 Å². The van der Waals surface area contributed by atoms with Gasteiger partial charge in [-0.25, -0.2) is 4.98 Å². The predicted octanol–water partition coefficient (Wildman–Crippen LogP) is 3.29. The highest BCUT2D eigenvalue weighted by atomic mass is 32.1. The number of para-hydroxylation sites is 1. The van der Waals surface area contributed by atoms with Crippen molar-refractivity contribution in [2.24, 2.45) is 0 Å². The molecule has 23 heavy (non-hydrogen) atoms. The van der Waals surface area contributed by atoms with Crippen LogP contribution in [-0.4, -0.2) is 31.6 Å². The summed E-state index contributed by atoms with van der Waals surface area (Å²) < 4.78 is 6.65. The van der Waals surface area contributed by atoms with Crippen molar-refractivity contribution in [3.63, 3.8) is 0 Å². The zero-order chi connectivity index (χ0) is 16.0. The molecule has 1 aliphatic rings. The number of fused-ring (bicyclic) bond motifs is 2. The van der Waals surface area contributed by atoms with Crippen LogP contribution in [0.25, 0.3) is 9.53 Å². The van der Waals surface area contributed by atoms with E-state index in [1.807, 2.05) is 49.3 Å². The molecule has 4 rings (SSSR count). The van der Waals surface area contributed by atoms with Crippen molar-refractivity contribution in [3.8, 4) is 5.75 Å². The van der Waals surface area contributed by atoms with E-state index in [-0.39, 0.29) is 11.9 Å². The van der Waals surface area contributed by atoms with E-state index in [1.54, 1.807) is 11.3 Å². The van der Waals surface area contributed by atoms with Gasteiger partial charge in [0.15, 0.2) is 5.13 Å². The fourth-order valence-electron chi connectivity index (χ4n) is 2.54. The third-order valence-electron chi connectivity index (χ3n) is 3.69. The molecule has 118 valence electrons. The van der Waals surface area contributed by atoms with Crippen molar-refractivity contribution in [2.45, 2.75) is 6.04 Å². The van der Waals surface area contributed by atoms with E-state index in [0.717, 1.165) is 26.0 Å². The van der Waals surface area contributed by atoms with Crippen LogP contribution in [0.4, 0.5) is 5.13 Å². The Hall–Kier alpha value is -2.12. The Labute approximate surface area is 141 Å². The normalized spacial score (nSPS) is 16.2. The molecule has 1 aliphatic heterocycles. The van der Waals surface area contributed by atoms with Crippen LogP contribution in [-0.2, 0) is 0 Å². The zero-order valence-electron chi connectivity index (χ0n) is 12.7. The highest BCUT2D eigenvalue weighted by Gasteiger charge is 2.26. The van der Waals surface area contributed by atoms with Crippen LogP contribution >= 0.6 is 22.7 Å². The number of hydrogen-bond donors (Lipinski definition) is 1. The van der Waals surface area contributed by atoms with E-state index in [0.29, 0.717) is 11.5 Å². The topological polar surface area (TPSA) is 54.5 Å². The van der Waals surface area contributed by atoms with Gasteiger partial charge in [-0.15, -0.1) is 11.3 Å². The lowest BCUT2D eigenvalue weighted by molar-refractivity contribution is 0.0934. The summed E-state index contributed by atoms with van der Waals surface area (Å²) in [6.45, 7) is 0.480. The monoisotopic (exact) mass is 345 g/mol. The summed E-state index contributed by atoms with van der Waals surface area (Å²) in [4.78, 5) is 20.6. The van der Waals surface area contributed by atoms with Gasteiger partial charge in [-0.1, -0.05) is 29.5 Å². The second-order valence-corrected chi connectivity index (χ2v) is 7.59. The molecule has 7 heteroatoms. The summed E-state index contributed by atoms with van der Waals surface area (Å²) in [7, 11) is 3.93. The Kier molecular flexibility index (Phi) is 3.46. The minimum Gasteiger partial charge on any atom is -0.491 e. The molecular weight excluding hydrogens is 330 g/mol. The maximum atomic E-state index is 12.5. The van der Waals surface area contributed by atoms with Crippen molar-refractivity contribution in [1.82, 2.24) is 10.3 Å². The van der Waals surface area contributed by atoms with E-state index in [4.69, 9.17) is 4.74 Å². The van der Waals surface area contributed by atoms with Crippen LogP contribution in [0.2, 0.25) is 0 Å². The van der Waals surface area contributed by atoms with Gasteiger partial charge in [-0.3, -0.25) is 4.79 Å². The van der Waals surface area contributed by atoms with Crippen LogP contribution < -0.4 is 15.0 Å². The second-order valence-electron chi connectivity index (χ2n) is 5.55. The number of nitrogens with zero attached hydrogens (tertiary/aromatic N) is 2. The summed E-state index contributed by atoms with van der Waals surface area (Å²) in [6, 6.07) is 9.64. The van der Waals surface area contributed by atoms with Crippen molar-refractivity contribution >= 4 is 43.2 Å². The maximum absolute atomic E-state index is 12.5. The molecule has 0 aliphatic carbocycles. The lowest BCUT2D eigenvalue weighted by Crippen LogP contribution is -2.28. The van der Waals surface area contributed by atoms with Crippen LogP contribution in [0.3, 0.4) is 0 Å². The van der Waals surface area contributed by atoms with E-state index in [1.165, 1.54) is 11.3 Å². The fraction of sp³-hybridized carbons (Fsp3) is 0.250. The number of carbonyl (C=O) groups excluding carboxylic acids is 1. The lowest BCUT2D eigenvalue weighted by atomic mass is 10.1. The first kappa shape index (κ1) is 14.5. The summed E-state index contributed by atoms with van der Waals surface area (Å²) in [6.07, 6.45) is 0. The number of carbonyl (C=O) groups is 1. The van der Waals surface area contributed by atoms with Crippen LogP contribution in [0.15, 0.2) is 30.3 Å². The predicted molar refractivity (Wildman–Crippen MR) is 94.0 cm³/mol. The standard InChI is InChI=1S/C16H15N3O2S2/c1-19(2)16-18-15-13(23-16)7-12(22-15)14(20)17-10-8-21-11-6-4-3-5-9(10)11/h3-7,10H,8H2,1-2H3,(H,17,20)/t10-/m1/s1. The molecule has 0 fully saturated rings. The third-order valence-corrected chi connectivity index (χ3v) is 6.02. The first-order chi connectivity index (χ1) is 11.1. The minimum atomic E-state index is -0.0934. The Bertz CT molecular complexity index is 853. The molecule has 2 aromatic heterocycles. The number of aromatic nitrogens is 1.